The van der Waals surface area contributed by atoms with Crippen LogP contribution in [0.2, 0.25) is 0 Å². The molecule has 0 aliphatic carbocycles. The molecule has 0 atom stereocenters. The van der Waals surface area contributed by atoms with Gasteiger partial charge >= 0.3 is 6.09 Å². The number of carbonyl (C=O) groups is 1. The van der Waals surface area contributed by atoms with E-state index in [1.54, 1.807) is 13.0 Å². The molecule has 0 saturated heterocycles. The normalized spacial score (nSPS) is 10.5. The van der Waals surface area contributed by atoms with Crippen molar-refractivity contribution in [3.05, 3.63) is 18.2 Å². The monoisotopic (exact) mass is 236 g/mol. The van der Waals surface area contributed by atoms with Crippen LogP contribution < -0.4 is 4.74 Å². The minimum Gasteiger partial charge on any atom is -0.508 e. The Morgan fingerprint density at radius 3 is 2.94 bits per heavy atom. The van der Waals surface area contributed by atoms with Gasteiger partial charge in [0.2, 0.25) is 5.88 Å². The summed E-state index contributed by atoms with van der Waals surface area (Å²) in [7, 11) is 1.45. The number of benzene rings is 1. The largest absolute Gasteiger partial charge is 0.508 e. The fourth-order valence-electron chi connectivity index (χ4n) is 1.55. The number of rotatable bonds is 2. The van der Waals surface area contributed by atoms with Crippen LogP contribution in [0.5, 0.6) is 11.6 Å². The number of methoxy groups -OCH3 is 1. The summed E-state index contributed by atoms with van der Waals surface area (Å²) in [6.45, 7) is 1.98. The van der Waals surface area contributed by atoms with Gasteiger partial charge in [-0.3, -0.25) is 0 Å². The highest BCUT2D eigenvalue weighted by atomic mass is 16.6. The van der Waals surface area contributed by atoms with Gasteiger partial charge in [0, 0.05) is 0 Å². The van der Waals surface area contributed by atoms with E-state index >= 15 is 0 Å². The highest BCUT2D eigenvalue weighted by Crippen LogP contribution is 2.28. The molecule has 0 saturated carbocycles. The van der Waals surface area contributed by atoms with Crippen molar-refractivity contribution < 1.29 is 19.4 Å². The molecular formula is C11H12N2O4. The summed E-state index contributed by atoms with van der Waals surface area (Å²) in [6, 6.07) is 4.53. The Labute approximate surface area is 97.4 Å². The van der Waals surface area contributed by atoms with Gasteiger partial charge in [-0.15, -0.1) is 5.10 Å². The van der Waals surface area contributed by atoms with Gasteiger partial charge in [-0.25, -0.2) is 4.79 Å². The Hall–Kier alpha value is -2.24. The number of phenolic OH excluding ortho intramolecular Hbond substituents is 1. The molecule has 2 rings (SSSR count). The van der Waals surface area contributed by atoms with Gasteiger partial charge < -0.3 is 14.6 Å². The van der Waals surface area contributed by atoms with Gasteiger partial charge in [0.15, 0.2) is 0 Å². The molecule has 0 fully saturated rings. The highest BCUT2D eigenvalue weighted by molar-refractivity contribution is 5.92. The van der Waals surface area contributed by atoms with Crippen molar-refractivity contribution in [2.24, 2.45) is 0 Å². The zero-order valence-electron chi connectivity index (χ0n) is 9.51. The molecule has 90 valence electrons. The number of aromatic nitrogens is 2. The Morgan fingerprint density at radius 2 is 2.29 bits per heavy atom. The molecule has 0 radical (unpaired) electrons. The van der Waals surface area contributed by atoms with E-state index in [-0.39, 0.29) is 18.2 Å². The standard InChI is InChI=1S/C11H12N2O4/c1-3-17-11(15)13-9-5-4-7(14)6-8(9)10(12-13)16-2/h4-6,14H,3H2,1-2H3. The van der Waals surface area contributed by atoms with Crippen LogP contribution in [0, 0.1) is 0 Å². The molecule has 1 heterocycles. The molecule has 0 bridgehead atoms. The van der Waals surface area contributed by atoms with Crippen LogP contribution >= 0.6 is 0 Å². The first kappa shape index (κ1) is 11.3. The van der Waals surface area contributed by atoms with Crippen LogP contribution in [0.1, 0.15) is 6.92 Å². The number of phenols is 1. The number of ether oxygens (including phenoxy) is 2. The van der Waals surface area contributed by atoms with Gasteiger partial charge in [-0.2, -0.15) is 4.68 Å². The average molecular weight is 236 g/mol. The molecule has 0 spiro atoms. The molecule has 6 nitrogen and oxygen atoms in total. The Balaban J connectivity index is 2.61. The summed E-state index contributed by atoms with van der Waals surface area (Å²) in [5, 5.41) is 13.9. The quantitative estimate of drug-likeness (QED) is 0.859. The van der Waals surface area contributed by atoms with Crippen molar-refractivity contribution >= 4 is 17.0 Å². The fourth-order valence-corrected chi connectivity index (χ4v) is 1.55. The van der Waals surface area contributed by atoms with Gasteiger partial charge in [-0.05, 0) is 25.1 Å². The maximum Gasteiger partial charge on any atom is 0.435 e. The van der Waals surface area contributed by atoms with Crippen LogP contribution in [0.25, 0.3) is 10.9 Å². The molecule has 17 heavy (non-hydrogen) atoms. The van der Waals surface area contributed by atoms with Gasteiger partial charge in [0.05, 0.1) is 24.6 Å². The fraction of sp³-hybridized carbons (Fsp3) is 0.273. The van der Waals surface area contributed by atoms with Crippen molar-refractivity contribution in [1.82, 2.24) is 9.78 Å². The molecule has 1 aromatic carbocycles. The van der Waals surface area contributed by atoms with Crippen molar-refractivity contribution in [2.45, 2.75) is 6.92 Å². The number of hydrogen-bond donors (Lipinski definition) is 1. The van der Waals surface area contributed by atoms with E-state index in [0.717, 1.165) is 4.68 Å². The molecule has 6 heteroatoms. The van der Waals surface area contributed by atoms with E-state index in [0.29, 0.717) is 10.9 Å². The number of hydrogen-bond acceptors (Lipinski definition) is 5. The minimum absolute atomic E-state index is 0.0826. The lowest BCUT2D eigenvalue weighted by molar-refractivity contribution is 0.151. The first-order chi connectivity index (χ1) is 8.17. The Kier molecular flexibility index (Phi) is 2.86. The number of carbonyl (C=O) groups excluding carboxylic acids is 1. The maximum absolute atomic E-state index is 11.6. The zero-order valence-corrected chi connectivity index (χ0v) is 9.51. The summed E-state index contributed by atoms with van der Waals surface area (Å²) in [5.41, 5.74) is 0.526. The summed E-state index contributed by atoms with van der Waals surface area (Å²) in [5.74, 6) is 0.350. The molecule has 1 N–H and O–H groups in total. The van der Waals surface area contributed by atoms with Crippen LogP contribution in [0.4, 0.5) is 4.79 Å². The Bertz CT molecular complexity index is 562. The maximum atomic E-state index is 11.6. The molecular weight excluding hydrogens is 224 g/mol. The lowest BCUT2D eigenvalue weighted by Crippen LogP contribution is -2.14. The van der Waals surface area contributed by atoms with Gasteiger partial charge in [0.1, 0.15) is 5.75 Å². The van der Waals surface area contributed by atoms with Gasteiger partial charge in [0.25, 0.3) is 0 Å². The van der Waals surface area contributed by atoms with E-state index in [2.05, 4.69) is 5.10 Å². The zero-order chi connectivity index (χ0) is 12.4. The second-order valence-electron chi connectivity index (χ2n) is 3.32. The summed E-state index contributed by atoms with van der Waals surface area (Å²) in [4.78, 5) is 11.6. The summed E-state index contributed by atoms with van der Waals surface area (Å²) >= 11 is 0. The lowest BCUT2D eigenvalue weighted by Gasteiger charge is -2.01. The van der Waals surface area contributed by atoms with Crippen LogP contribution in [-0.4, -0.2) is 34.7 Å². The molecule has 2 aromatic rings. The van der Waals surface area contributed by atoms with E-state index in [4.69, 9.17) is 9.47 Å². The third kappa shape index (κ3) is 1.89. The van der Waals surface area contributed by atoms with Crippen molar-refractivity contribution in [3.8, 4) is 11.6 Å². The van der Waals surface area contributed by atoms with E-state index in [9.17, 15) is 9.90 Å². The molecule has 0 aliphatic rings. The van der Waals surface area contributed by atoms with E-state index in [1.807, 2.05) is 0 Å². The van der Waals surface area contributed by atoms with Crippen molar-refractivity contribution in [2.75, 3.05) is 13.7 Å². The van der Waals surface area contributed by atoms with Crippen LogP contribution in [0.15, 0.2) is 18.2 Å². The van der Waals surface area contributed by atoms with Crippen LogP contribution in [0.3, 0.4) is 0 Å². The number of fused-ring (bicyclic) bond motifs is 1. The topological polar surface area (TPSA) is 73.6 Å². The third-order valence-corrected chi connectivity index (χ3v) is 2.26. The molecule has 0 unspecified atom stereocenters. The van der Waals surface area contributed by atoms with Crippen molar-refractivity contribution in [3.63, 3.8) is 0 Å². The lowest BCUT2D eigenvalue weighted by atomic mass is 10.2. The Morgan fingerprint density at radius 1 is 1.53 bits per heavy atom. The van der Waals surface area contributed by atoms with Crippen LogP contribution in [-0.2, 0) is 4.74 Å². The predicted molar refractivity (Wildman–Crippen MR) is 60.4 cm³/mol. The molecule has 1 aromatic heterocycles. The van der Waals surface area contributed by atoms with E-state index < -0.39 is 6.09 Å². The second-order valence-corrected chi connectivity index (χ2v) is 3.32. The first-order valence-corrected chi connectivity index (χ1v) is 5.10. The summed E-state index contributed by atoms with van der Waals surface area (Å²) < 4.78 is 11.0. The third-order valence-electron chi connectivity index (χ3n) is 2.26. The minimum atomic E-state index is -0.577. The van der Waals surface area contributed by atoms with Crippen molar-refractivity contribution in [1.29, 1.82) is 0 Å². The number of aromatic hydroxyl groups is 1. The SMILES string of the molecule is CCOC(=O)n1nc(OC)c2cc(O)ccc21. The predicted octanol–water partition coefficient (Wildman–Crippen LogP) is 1.76. The highest BCUT2D eigenvalue weighted by Gasteiger charge is 2.17. The molecule has 0 aliphatic heterocycles. The smallest absolute Gasteiger partial charge is 0.435 e. The summed E-state index contributed by atoms with van der Waals surface area (Å²) in [6.07, 6.45) is -0.577. The second kappa shape index (κ2) is 4.32. The number of nitrogens with zero attached hydrogens (tertiary/aromatic N) is 2. The average Bonchev–Trinajstić information content (AvgIpc) is 2.67. The van der Waals surface area contributed by atoms with E-state index in [1.165, 1.54) is 19.2 Å². The first-order valence-electron chi connectivity index (χ1n) is 5.10. The molecule has 0 amide bonds. The van der Waals surface area contributed by atoms with Gasteiger partial charge in [-0.1, -0.05) is 0 Å².